The standard InChI is InChI=1S/C6H15N.C5H7B/c1-5(2)7-6(3)4;1-2-4-6-5-3-1/h5-7H,1-4H3;2-6H,1H2. The van der Waals surface area contributed by atoms with Crippen LogP contribution in [0.4, 0.5) is 0 Å². The maximum absolute atomic E-state index is 3.31. The minimum Gasteiger partial charge on any atom is -0.312 e. The molecule has 1 aliphatic heterocycles. The molecule has 74 valence electrons. The van der Waals surface area contributed by atoms with Gasteiger partial charge in [0, 0.05) is 12.1 Å². The number of allylic oxidation sites excluding steroid dienone is 2. The van der Waals surface area contributed by atoms with E-state index < -0.39 is 0 Å². The molecule has 1 heterocycles. The highest BCUT2D eigenvalue weighted by molar-refractivity contribution is 6.48. The molecule has 0 saturated carbocycles. The largest absolute Gasteiger partial charge is 0.312 e. The van der Waals surface area contributed by atoms with E-state index in [1.165, 1.54) is 0 Å². The fourth-order valence-corrected chi connectivity index (χ4v) is 1.21. The van der Waals surface area contributed by atoms with Crippen LogP contribution in [0.1, 0.15) is 34.1 Å². The van der Waals surface area contributed by atoms with E-state index in [2.05, 4.69) is 57.1 Å². The van der Waals surface area contributed by atoms with Crippen molar-refractivity contribution in [2.24, 2.45) is 0 Å². The summed E-state index contributed by atoms with van der Waals surface area (Å²) >= 11 is 0. The fourth-order valence-electron chi connectivity index (χ4n) is 1.21. The summed E-state index contributed by atoms with van der Waals surface area (Å²) in [6, 6.07) is 1.25. The number of hydrogen-bond donors (Lipinski definition) is 1. The average Bonchev–Trinajstić information content (AvgIpc) is 2.06. The zero-order valence-electron chi connectivity index (χ0n) is 9.38. The van der Waals surface area contributed by atoms with Crippen LogP contribution in [0.3, 0.4) is 0 Å². The van der Waals surface area contributed by atoms with Crippen molar-refractivity contribution in [3.05, 3.63) is 24.1 Å². The molecule has 0 bridgehead atoms. The monoisotopic (exact) mass is 179 g/mol. The van der Waals surface area contributed by atoms with Gasteiger partial charge in [-0.2, -0.15) is 0 Å². The quantitative estimate of drug-likeness (QED) is 0.641. The SMILES string of the molecule is B1C=CCC=C1.CC(C)NC(C)C. The molecule has 0 fully saturated rings. The molecule has 0 spiro atoms. The third kappa shape index (κ3) is 11.5. The average molecular weight is 179 g/mol. The third-order valence-corrected chi connectivity index (χ3v) is 1.54. The minimum absolute atomic E-state index is 0.625. The molecule has 0 amide bonds. The van der Waals surface area contributed by atoms with Crippen molar-refractivity contribution in [3.8, 4) is 0 Å². The molecule has 1 rings (SSSR count). The summed E-state index contributed by atoms with van der Waals surface area (Å²) in [5.74, 6) is 4.36. The predicted octanol–water partition coefficient (Wildman–Crippen LogP) is 2.25. The van der Waals surface area contributed by atoms with Crippen LogP contribution >= 0.6 is 0 Å². The molecule has 1 N–H and O–H groups in total. The first-order valence-corrected chi connectivity index (χ1v) is 5.19. The molecule has 13 heavy (non-hydrogen) atoms. The predicted molar refractivity (Wildman–Crippen MR) is 63.5 cm³/mol. The van der Waals surface area contributed by atoms with Crippen molar-refractivity contribution < 1.29 is 0 Å². The van der Waals surface area contributed by atoms with Crippen molar-refractivity contribution >= 4 is 7.28 Å². The summed E-state index contributed by atoms with van der Waals surface area (Å²) in [5.41, 5.74) is 0. The summed E-state index contributed by atoms with van der Waals surface area (Å²) in [7, 11) is 1.14. The molecular formula is C11H22BN. The first kappa shape index (κ1) is 12.5. The van der Waals surface area contributed by atoms with Crippen molar-refractivity contribution in [1.82, 2.24) is 5.32 Å². The lowest BCUT2D eigenvalue weighted by Gasteiger charge is -2.10. The number of hydrogen-bond acceptors (Lipinski definition) is 1. The molecular weight excluding hydrogens is 157 g/mol. The molecule has 0 aliphatic carbocycles. The second-order valence-electron chi connectivity index (χ2n) is 3.89. The van der Waals surface area contributed by atoms with E-state index >= 15 is 0 Å². The van der Waals surface area contributed by atoms with Gasteiger partial charge < -0.3 is 5.32 Å². The Kier molecular flexibility index (Phi) is 7.81. The summed E-state index contributed by atoms with van der Waals surface area (Å²) < 4.78 is 0. The van der Waals surface area contributed by atoms with Gasteiger partial charge >= 0.3 is 0 Å². The van der Waals surface area contributed by atoms with Crippen molar-refractivity contribution in [2.75, 3.05) is 0 Å². The van der Waals surface area contributed by atoms with Crippen molar-refractivity contribution in [1.29, 1.82) is 0 Å². The Labute approximate surface area is 83.5 Å². The van der Waals surface area contributed by atoms with Gasteiger partial charge in [0.25, 0.3) is 0 Å². The van der Waals surface area contributed by atoms with Crippen LogP contribution in [0.25, 0.3) is 0 Å². The van der Waals surface area contributed by atoms with Gasteiger partial charge in [-0.05, 0) is 6.42 Å². The van der Waals surface area contributed by atoms with E-state index in [0.29, 0.717) is 12.1 Å². The summed E-state index contributed by atoms with van der Waals surface area (Å²) in [6.45, 7) is 8.61. The highest BCUT2D eigenvalue weighted by atomic mass is 14.9. The van der Waals surface area contributed by atoms with Gasteiger partial charge in [-0.1, -0.05) is 39.8 Å². The second-order valence-corrected chi connectivity index (χ2v) is 3.89. The van der Waals surface area contributed by atoms with E-state index in [-0.39, 0.29) is 0 Å². The van der Waals surface area contributed by atoms with Crippen molar-refractivity contribution in [2.45, 2.75) is 46.2 Å². The number of nitrogens with one attached hydrogen (secondary N) is 1. The Bertz CT molecular complexity index is 133. The summed E-state index contributed by atoms with van der Waals surface area (Å²) in [5, 5.41) is 3.31. The molecule has 0 aromatic rings. The van der Waals surface area contributed by atoms with Crippen LogP contribution < -0.4 is 5.32 Å². The Morgan fingerprint density at radius 2 is 1.46 bits per heavy atom. The number of rotatable bonds is 2. The maximum Gasteiger partial charge on any atom is 0.172 e. The van der Waals surface area contributed by atoms with Crippen LogP contribution in [-0.2, 0) is 0 Å². The van der Waals surface area contributed by atoms with Gasteiger partial charge in [-0.3, -0.25) is 0 Å². The lowest BCUT2D eigenvalue weighted by atomic mass is 9.76. The normalized spacial score (nSPS) is 14.0. The first-order chi connectivity index (χ1) is 6.13. The van der Waals surface area contributed by atoms with Gasteiger partial charge in [0.2, 0.25) is 0 Å². The van der Waals surface area contributed by atoms with Crippen LogP contribution in [0.2, 0.25) is 0 Å². The highest BCUT2D eigenvalue weighted by Crippen LogP contribution is 1.89. The topological polar surface area (TPSA) is 12.0 Å². The van der Waals surface area contributed by atoms with E-state index in [9.17, 15) is 0 Å². The maximum atomic E-state index is 3.31. The van der Waals surface area contributed by atoms with Gasteiger partial charge in [0.15, 0.2) is 7.28 Å². The van der Waals surface area contributed by atoms with Gasteiger partial charge in [-0.25, -0.2) is 0 Å². The van der Waals surface area contributed by atoms with Gasteiger partial charge in [-0.15, -0.1) is 12.0 Å². The third-order valence-electron chi connectivity index (χ3n) is 1.54. The summed E-state index contributed by atoms with van der Waals surface area (Å²) in [6.07, 6.45) is 5.50. The lowest BCUT2D eigenvalue weighted by molar-refractivity contribution is 0.518. The Balaban J connectivity index is 0.000000223. The first-order valence-electron chi connectivity index (χ1n) is 5.19. The van der Waals surface area contributed by atoms with E-state index in [4.69, 9.17) is 0 Å². The van der Waals surface area contributed by atoms with Crippen LogP contribution in [0, 0.1) is 0 Å². The smallest absolute Gasteiger partial charge is 0.172 e. The molecule has 1 aliphatic rings. The minimum atomic E-state index is 0.625. The zero-order chi connectivity index (χ0) is 10.1. The van der Waals surface area contributed by atoms with Gasteiger partial charge in [0.1, 0.15) is 0 Å². The zero-order valence-corrected chi connectivity index (χ0v) is 9.38. The molecule has 0 radical (unpaired) electrons. The molecule has 0 atom stereocenters. The molecule has 0 aromatic carbocycles. The molecule has 0 saturated heterocycles. The van der Waals surface area contributed by atoms with E-state index in [1.54, 1.807) is 0 Å². The summed E-state index contributed by atoms with van der Waals surface area (Å²) in [4.78, 5) is 0. The fraction of sp³-hybridized carbons (Fsp3) is 0.636. The van der Waals surface area contributed by atoms with Gasteiger partial charge in [0.05, 0.1) is 0 Å². The van der Waals surface area contributed by atoms with Crippen molar-refractivity contribution in [3.63, 3.8) is 0 Å². The molecule has 0 unspecified atom stereocenters. The highest BCUT2D eigenvalue weighted by Gasteiger charge is 1.92. The molecule has 2 heteroatoms. The van der Waals surface area contributed by atoms with Crippen LogP contribution in [0.5, 0.6) is 0 Å². The van der Waals surface area contributed by atoms with Crippen LogP contribution in [0.15, 0.2) is 24.1 Å². The molecule has 0 aromatic heterocycles. The van der Waals surface area contributed by atoms with E-state index in [1.807, 2.05) is 0 Å². The Morgan fingerprint density at radius 3 is 1.54 bits per heavy atom. The Morgan fingerprint density at radius 1 is 1.00 bits per heavy atom. The molecule has 1 nitrogen and oxygen atoms in total. The lowest BCUT2D eigenvalue weighted by Crippen LogP contribution is -2.29. The van der Waals surface area contributed by atoms with Crippen LogP contribution in [-0.4, -0.2) is 19.4 Å². The second kappa shape index (κ2) is 8.12. The Hall–Kier alpha value is -0.495. The van der Waals surface area contributed by atoms with E-state index in [0.717, 1.165) is 13.7 Å².